The number of carboxylic acid groups (broad SMARTS) is 1. The zero-order valence-corrected chi connectivity index (χ0v) is 23.8. The predicted octanol–water partition coefficient (Wildman–Crippen LogP) is 7.52. The third kappa shape index (κ3) is 17.0. The van der Waals surface area contributed by atoms with Crippen molar-refractivity contribution in [2.75, 3.05) is 13.2 Å². The summed E-state index contributed by atoms with van der Waals surface area (Å²) in [7, 11) is 0. The number of aliphatic carboxylic acids is 1. The topological polar surface area (TPSA) is 87.0 Å². The van der Waals surface area contributed by atoms with Crippen LogP contribution in [0.4, 0.5) is 0 Å². The summed E-state index contributed by atoms with van der Waals surface area (Å²) in [6.07, 6.45) is 21.6. The first kappa shape index (κ1) is 33.8. The molecule has 2 aliphatic carbocycles. The van der Waals surface area contributed by atoms with E-state index in [1.165, 1.54) is 71.6 Å². The fourth-order valence-corrected chi connectivity index (χ4v) is 4.33. The van der Waals surface area contributed by atoms with Crippen LogP contribution in [-0.4, -0.2) is 40.3 Å². The highest BCUT2D eigenvalue weighted by atomic mass is 16.5. The number of hydrogen-bond donors (Lipinski definition) is 3. The van der Waals surface area contributed by atoms with Crippen molar-refractivity contribution in [3.8, 4) is 0 Å². The Morgan fingerprint density at radius 2 is 1.63 bits per heavy atom. The summed E-state index contributed by atoms with van der Waals surface area (Å²) in [5, 5.41) is 24.6. The maximum atomic E-state index is 10.3. The fourth-order valence-electron chi connectivity index (χ4n) is 4.33. The average molecular weight is 497 g/mol. The number of unbranched alkanes of at least 4 members (excludes halogenated alkanes) is 4. The molecule has 0 heterocycles. The molecular weight excluding hydrogens is 440 g/mol. The van der Waals surface area contributed by atoms with Crippen LogP contribution in [0.1, 0.15) is 119 Å². The van der Waals surface area contributed by atoms with Gasteiger partial charge in [0, 0.05) is 13.2 Å². The minimum absolute atomic E-state index is 0.542. The van der Waals surface area contributed by atoms with E-state index in [0.29, 0.717) is 6.42 Å². The largest absolute Gasteiger partial charge is 0.481 e. The number of fused-ring (bicyclic) bond motifs is 1. The van der Waals surface area contributed by atoms with E-state index in [2.05, 4.69) is 32.1 Å². The van der Waals surface area contributed by atoms with Crippen molar-refractivity contribution in [3.05, 3.63) is 23.8 Å². The summed E-state index contributed by atoms with van der Waals surface area (Å²) in [4.78, 5) is 10.3. The quantitative estimate of drug-likeness (QED) is 0.192. The first-order valence-electron chi connectivity index (χ1n) is 14.0. The Balaban J connectivity index is 0.000000735. The molecule has 0 spiro atoms. The Labute approximate surface area is 216 Å². The summed E-state index contributed by atoms with van der Waals surface area (Å²) in [5.74, 6) is 0.336. The van der Waals surface area contributed by atoms with Crippen LogP contribution in [0.2, 0.25) is 0 Å². The van der Waals surface area contributed by atoms with Crippen LogP contribution in [0.15, 0.2) is 23.8 Å². The SMILES string of the molecule is CC(C)(O)O.CCC(C)(C)C(=O)O.CCCOCCCCCCCC1C(C)C=CC2=CCCCC21. The highest BCUT2D eigenvalue weighted by molar-refractivity contribution is 5.73. The molecule has 0 bridgehead atoms. The molecule has 0 saturated carbocycles. The lowest BCUT2D eigenvalue weighted by atomic mass is 9.68. The minimum Gasteiger partial charge on any atom is -0.481 e. The summed E-state index contributed by atoms with van der Waals surface area (Å²) in [6.45, 7) is 14.4. The van der Waals surface area contributed by atoms with Gasteiger partial charge in [-0.3, -0.25) is 4.79 Å². The maximum Gasteiger partial charge on any atom is 0.309 e. The molecule has 35 heavy (non-hydrogen) atoms. The Kier molecular flexibility index (Phi) is 17.5. The van der Waals surface area contributed by atoms with E-state index in [9.17, 15) is 4.79 Å². The monoisotopic (exact) mass is 496 g/mol. The van der Waals surface area contributed by atoms with Gasteiger partial charge in [-0.15, -0.1) is 0 Å². The lowest BCUT2D eigenvalue weighted by Gasteiger charge is -2.37. The van der Waals surface area contributed by atoms with Gasteiger partial charge in [0.1, 0.15) is 0 Å². The van der Waals surface area contributed by atoms with E-state index >= 15 is 0 Å². The van der Waals surface area contributed by atoms with Crippen molar-refractivity contribution in [3.63, 3.8) is 0 Å². The minimum atomic E-state index is -1.50. The Morgan fingerprint density at radius 1 is 1.03 bits per heavy atom. The van der Waals surface area contributed by atoms with Crippen molar-refractivity contribution in [1.29, 1.82) is 0 Å². The second-order valence-corrected chi connectivity index (χ2v) is 11.3. The van der Waals surface area contributed by atoms with Crippen molar-refractivity contribution in [2.24, 2.45) is 23.2 Å². The van der Waals surface area contributed by atoms with Crippen LogP contribution in [-0.2, 0) is 9.53 Å². The number of ether oxygens (including phenoxy) is 1. The van der Waals surface area contributed by atoms with Gasteiger partial charge in [-0.1, -0.05) is 64.7 Å². The maximum absolute atomic E-state index is 10.3. The average Bonchev–Trinajstić information content (AvgIpc) is 2.78. The molecule has 206 valence electrons. The number of aliphatic hydroxyl groups is 2. The van der Waals surface area contributed by atoms with E-state index in [4.69, 9.17) is 20.1 Å². The summed E-state index contributed by atoms with van der Waals surface area (Å²) in [6, 6.07) is 0. The number of carbonyl (C=O) groups is 1. The van der Waals surface area contributed by atoms with Crippen LogP contribution >= 0.6 is 0 Å². The fraction of sp³-hybridized carbons (Fsp3) is 0.833. The second kappa shape index (κ2) is 18.1. The van der Waals surface area contributed by atoms with Crippen LogP contribution in [0, 0.1) is 23.2 Å². The normalized spacial score (nSPS) is 21.6. The Morgan fingerprint density at radius 3 is 2.17 bits per heavy atom. The molecule has 2 rings (SSSR count). The second-order valence-electron chi connectivity index (χ2n) is 11.3. The van der Waals surface area contributed by atoms with E-state index < -0.39 is 17.2 Å². The molecule has 5 heteroatoms. The molecule has 2 aliphatic rings. The Bertz CT molecular complexity index is 609. The molecule has 0 aromatic rings. The molecule has 0 saturated heterocycles. The Hall–Kier alpha value is -1.17. The van der Waals surface area contributed by atoms with Gasteiger partial charge >= 0.3 is 5.97 Å². The van der Waals surface area contributed by atoms with Crippen LogP contribution in [0.25, 0.3) is 0 Å². The third-order valence-corrected chi connectivity index (χ3v) is 6.95. The van der Waals surface area contributed by atoms with Gasteiger partial charge in [0.25, 0.3) is 0 Å². The van der Waals surface area contributed by atoms with Crippen molar-refractivity contribution >= 4 is 5.97 Å². The lowest BCUT2D eigenvalue weighted by Crippen LogP contribution is -2.27. The first-order valence-corrected chi connectivity index (χ1v) is 14.0. The van der Waals surface area contributed by atoms with Gasteiger partial charge in [-0.2, -0.15) is 0 Å². The van der Waals surface area contributed by atoms with Gasteiger partial charge in [0.05, 0.1) is 5.41 Å². The van der Waals surface area contributed by atoms with Crippen molar-refractivity contribution < 1.29 is 24.9 Å². The van der Waals surface area contributed by atoms with Gasteiger partial charge in [-0.05, 0) is 96.0 Å². The molecule has 0 aromatic heterocycles. The number of carboxylic acids is 1. The zero-order chi connectivity index (χ0) is 26.9. The van der Waals surface area contributed by atoms with Crippen molar-refractivity contribution in [2.45, 2.75) is 125 Å². The molecule has 3 N–H and O–H groups in total. The molecule has 0 fully saturated rings. The number of hydrogen-bond acceptors (Lipinski definition) is 4. The summed E-state index contributed by atoms with van der Waals surface area (Å²) < 4.78 is 5.54. The standard InChI is InChI=1S/C21H36O.C6H12O2.C3H8O2/c1-3-16-22-17-10-6-4-5-7-12-20-18(2)14-15-19-11-8-9-13-21(19)20;1-4-6(2,3)5(7)8;1-3(2,4)5/h11,14-15,18,20-21H,3-10,12-13,16-17H2,1-2H3;4H2,1-3H3,(H,7,8);4-5H,1-2H3. The molecule has 3 unspecified atom stereocenters. The van der Waals surface area contributed by atoms with Crippen LogP contribution in [0.5, 0.6) is 0 Å². The molecule has 0 amide bonds. The zero-order valence-electron chi connectivity index (χ0n) is 23.8. The lowest BCUT2D eigenvalue weighted by molar-refractivity contribution is -0.147. The van der Waals surface area contributed by atoms with E-state index in [-0.39, 0.29) is 0 Å². The summed E-state index contributed by atoms with van der Waals surface area (Å²) in [5.41, 5.74) is 1.11. The highest BCUT2D eigenvalue weighted by Crippen LogP contribution is 2.42. The van der Waals surface area contributed by atoms with E-state index in [0.717, 1.165) is 37.4 Å². The predicted molar refractivity (Wildman–Crippen MR) is 146 cm³/mol. The van der Waals surface area contributed by atoms with Gasteiger partial charge < -0.3 is 20.1 Å². The van der Waals surface area contributed by atoms with E-state index in [1.54, 1.807) is 19.4 Å². The number of rotatable bonds is 12. The third-order valence-electron chi connectivity index (χ3n) is 6.95. The first-order chi connectivity index (χ1) is 16.3. The molecule has 5 nitrogen and oxygen atoms in total. The summed E-state index contributed by atoms with van der Waals surface area (Å²) >= 11 is 0. The van der Waals surface area contributed by atoms with E-state index in [1.807, 2.05) is 6.92 Å². The van der Waals surface area contributed by atoms with Crippen molar-refractivity contribution in [1.82, 2.24) is 0 Å². The molecule has 0 radical (unpaired) electrons. The molecule has 3 atom stereocenters. The molecule has 0 aromatic carbocycles. The van der Waals surface area contributed by atoms with Gasteiger partial charge in [0.15, 0.2) is 5.79 Å². The highest BCUT2D eigenvalue weighted by Gasteiger charge is 2.31. The molecule has 0 aliphatic heterocycles. The van der Waals surface area contributed by atoms with Crippen LogP contribution in [0.3, 0.4) is 0 Å². The van der Waals surface area contributed by atoms with Gasteiger partial charge in [0.2, 0.25) is 0 Å². The van der Waals surface area contributed by atoms with Crippen LogP contribution < -0.4 is 0 Å². The smallest absolute Gasteiger partial charge is 0.309 e. The number of allylic oxidation sites excluding steroid dienone is 4. The van der Waals surface area contributed by atoms with Gasteiger partial charge in [-0.25, -0.2) is 0 Å². The molecular formula is C30H56O5.